The number of halogens is 1. The lowest BCUT2D eigenvalue weighted by atomic mass is 9.96. The molecule has 0 saturated carbocycles. The maximum atomic E-state index is 5.85. The summed E-state index contributed by atoms with van der Waals surface area (Å²) in [6, 6.07) is 2.36. The monoisotopic (exact) mass is 420 g/mol. The molecule has 0 radical (unpaired) electrons. The van der Waals surface area contributed by atoms with E-state index in [0.29, 0.717) is 30.7 Å². The number of ether oxygens (including phenoxy) is 1. The van der Waals surface area contributed by atoms with Crippen molar-refractivity contribution in [1.29, 1.82) is 0 Å². The average molecular weight is 420 g/mol. The van der Waals surface area contributed by atoms with Gasteiger partial charge in [0, 0.05) is 13.1 Å². The largest absolute Gasteiger partial charge is 0.373 e. The molecule has 3 rings (SSSR count). The highest BCUT2D eigenvalue weighted by Gasteiger charge is 2.41. The fraction of sp³-hybridized carbons (Fsp3) is 0.733. The number of fused-ring (bicyclic) bond motifs is 2. The fourth-order valence-corrected chi connectivity index (χ4v) is 3.02. The van der Waals surface area contributed by atoms with Gasteiger partial charge in [-0.1, -0.05) is 19.0 Å². The Morgan fingerprint density at radius 2 is 2.27 bits per heavy atom. The van der Waals surface area contributed by atoms with Crippen LogP contribution in [-0.4, -0.2) is 36.4 Å². The molecule has 2 aliphatic rings. The fourth-order valence-electron chi connectivity index (χ4n) is 3.02. The van der Waals surface area contributed by atoms with Crippen molar-refractivity contribution in [2.24, 2.45) is 4.99 Å². The minimum absolute atomic E-state index is 0. The first-order chi connectivity index (χ1) is 10.2. The van der Waals surface area contributed by atoms with Crippen LogP contribution in [0.5, 0.6) is 0 Å². The smallest absolute Gasteiger partial charge is 0.191 e. The highest BCUT2D eigenvalue weighted by molar-refractivity contribution is 14.0. The highest BCUT2D eigenvalue weighted by Crippen LogP contribution is 2.34. The summed E-state index contributed by atoms with van der Waals surface area (Å²) >= 11 is 0. The molecule has 2 N–H and O–H groups in total. The van der Waals surface area contributed by atoms with E-state index in [1.807, 2.05) is 6.07 Å². The second kappa shape index (κ2) is 7.63. The predicted molar refractivity (Wildman–Crippen MR) is 95.6 cm³/mol. The molecule has 1 aromatic rings. The lowest BCUT2D eigenvalue weighted by Crippen LogP contribution is -2.47. The molecule has 6 nitrogen and oxygen atoms in total. The van der Waals surface area contributed by atoms with Gasteiger partial charge in [0.05, 0.1) is 30.5 Å². The van der Waals surface area contributed by atoms with E-state index >= 15 is 0 Å². The van der Waals surface area contributed by atoms with Crippen molar-refractivity contribution in [3.63, 3.8) is 0 Å². The van der Waals surface area contributed by atoms with Gasteiger partial charge in [-0.15, -0.1) is 24.0 Å². The molecule has 2 fully saturated rings. The molecule has 124 valence electrons. The summed E-state index contributed by atoms with van der Waals surface area (Å²) in [5, 5.41) is 10.8. The van der Waals surface area contributed by atoms with Crippen molar-refractivity contribution in [2.45, 2.75) is 63.8 Å². The molecule has 2 saturated heterocycles. The summed E-state index contributed by atoms with van der Waals surface area (Å²) in [4.78, 5) is 4.27. The number of nitrogens with one attached hydrogen (secondary N) is 2. The number of hydrogen-bond acceptors (Lipinski definition) is 4. The zero-order chi connectivity index (χ0) is 14.8. The molecule has 3 heterocycles. The first-order valence-corrected chi connectivity index (χ1v) is 7.74. The van der Waals surface area contributed by atoms with Crippen molar-refractivity contribution >= 4 is 29.9 Å². The van der Waals surface area contributed by atoms with Crippen LogP contribution in [0.15, 0.2) is 15.6 Å². The third-order valence-electron chi connectivity index (χ3n) is 4.25. The van der Waals surface area contributed by atoms with E-state index in [1.54, 1.807) is 7.05 Å². The Labute approximate surface area is 148 Å². The van der Waals surface area contributed by atoms with Gasteiger partial charge < -0.3 is 19.9 Å². The van der Waals surface area contributed by atoms with Gasteiger partial charge in [-0.05, 0) is 25.2 Å². The van der Waals surface area contributed by atoms with Crippen molar-refractivity contribution < 1.29 is 9.26 Å². The van der Waals surface area contributed by atoms with E-state index in [-0.39, 0.29) is 24.0 Å². The van der Waals surface area contributed by atoms with Crippen LogP contribution in [0, 0.1) is 0 Å². The van der Waals surface area contributed by atoms with Crippen LogP contribution in [0.25, 0.3) is 0 Å². The van der Waals surface area contributed by atoms with E-state index in [0.717, 1.165) is 30.3 Å². The second-order valence-corrected chi connectivity index (χ2v) is 6.16. The van der Waals surface area contributed by atoms with Gasteiger partial charge in [-0.3, -0.25) is 4.99 Å². The van der Waals surface area contributed by atoms with Gasteiger partial charge in [0.15, 0.2) is 11.7 Å². The second-order valence-electron chi connectivity index (χ2n) is 6.16. The van der Waals surface area contributed by atoms with Crippen LogP contribution in [0.1, 0.15) is 50.5 Å². The van der Waals surface area contributed by atoms with Crippen LogP contribution in [0.3, 0.4) is 0 Å². The van der Waals surface area contributed by atoms with E-state index in [2.05, 4.69) is 34.6 Å². The SMILES string of the molecule is CN=C(NCc1cc(C(C)C)no1)NC1CC2CCC1O2.I. The minimum Gasteiger partial charge on any atom is -0.373 e. The molecule has 7 heteroatoms. The molecule has 2 aliphatic heterocycles. The Morgan fingerprint density at radius 1 is 1.45 bits per heavy atom. The molecule has 2 bridgehead atoms. The normalized spacial score (nSPS) is 27.1. The Balaban J connectivity index is 0.00000176. The number of aliphatic imine (C=N–C) groups is 1. The third kappa shape index (κ3) is 3.92. The standard InChI is InChI=1S/C15H24N4O2.HI/c1-9(2)12-7-11(21-19-12)8-17-15(16-3)18-13-6-10-4-5-14(13)20-10;/h7,9-10,13-14H,4-6,8H2,1-3H3,(H2,16,17,18);1H. The minimum atomic E-state index is 0. The molecule has 1 aromatic heterocycles. The first kappa shape index (κ1) is 17.5. The maximum absolute atomic E-state index is 5.85. The first-order valence-electron chi connectivity index (χ1n) is 7.74. The van der Waals surface area contributed by atoms with Crippen LogP contribution < -0.4 is 10.6 Å². The topological polar surface area (TPSA) is 71.7 Å². The van der Waals surface area contributed by atoms with Crippen molar-refractivity contribution in [2.75, 3.05) is 7.05 Å². The summed E-state index contributed by atoms with van der Waals surface area (Å²) in [6.45, 7) is 4.79. The van der Waals surface area contributed by atoms with Crippen LogP contribution in [0.2, 0.25) is 0 Å². The average Bonchev–Trinajstić information content (AvgIpc) is 3.18. The van der Waals surface area contributed by atoms with Crippen LogP contribution in [-0.2, 0) is 11.3 Å². The zero-order valence-corrected chi connectivity index (χ0v) is 15.7. The zero-order valence-electron chi connectivity index (χ0n) is 13.3. The van der Waals surface area contributed by atoms with E-state index < -0.39 is 0 Å². The van der Waals surface area contributed by atoms with Crippen molar-refractivity contribution in [3.8, 4) is 0 Å². The molecule has 0 aliphatic carbocycles. The number of nitrogens with zero attached hydrogens (tertiary/aromatic N) is 2. The molecule has 0 aromatic carbocycles. The molecule has 3 unspecified atom stereocenters. The molecule has 0 spiro atoms. The van der Waals surface area contributed by atoms with Gasteiger partial charge in [-0.25, -0.2) is 0 Å². The molecule has 3 atom stereocenters. The van der Waals surface area contributed by atoms with E-state index in [9.17, 15) is 0 Å². The Morgan fingerprint density at radius 3 is 2.82 bits per heavy atom. The van der Waals surface area contributed by atoms with Crippen LogP contribution in [0.4, 0.5) is 0 Å². The lowest BCUT2D eigenvalue weighted by molar-refractivity contribution is 0.0992. The third-order valence-corrected chi connectivity index (χ3v) is 4.25. The van der Waals surface area contributed by atoms with Crippen LogP contribution >= 0.6 is 24.0 Å². The van der Waals surface area contributed by atoms with E-state index in [1.165, 1.54) is 6.42 Å². The molecular formula is C15H25IN4O2. The number of guanidine groups is 1. The number of aromatic nitrogens is 1. The van der Waals surface area contributed by atoms with Gasteiger partial charge in [0.2, 0.25) is 0 Å². The molecular weight excluding hydrogens is 395 g/mol. The summed E-state index contributed by atoms with van der Waals surface area (Å²) < 4.78 is 11.2. The number of hydrogen-bond donors (Lipinski definition) is 2. The Kier molecular flexibility index (Phi) is 6.08. The predicted octanol–water partition coefficient (Wildman–Crippen LogP) is 2.40. The maximum Gasteiger partial charge on any atom is 0.191 e. The summed E-state index contributed by atoms with van der Waals surface area (Å²) in [5.74, 6) is 2.00. The highest BCUT2D eigenvalue weighted by atomic mass is 127. The van der Waals surface area contributed by atoms with Crippen molar-refractivity contribution in [1.82, 2.24) is 15.8 Å². The van der Waals surface area contributed by atoms with E-state index in [4.69, 9.17) is 9.26 Å². The molecule has 0 amide bonds. The van der Waals surface area contributed by atoms with Gasteiger partial charge in [0.1, 0.15) is 0 Å². The van der Waals surface area contributed by atoms with Gasteiger partial charge >= 0.3 is 0 Å². The summed E-state index contributed by atoms with van der Waals surface area (Å²) in [7, 11) is 1.78. The van der Waals surface area contributed by atoms with Gasteiger partial charge in [-0.2, -0.15) is 0 Å². The Bertz CT molecular complexity index is 517. The summed E-state index contributed by atoms with van der Waals surface area (Å²) in [6.07, 6.45) is 4.20. The quantitative estimate of drug-likeness (QED) is 0.445. The number of rotatable bonds is 4. The van der Waals surface area contributed by atoms with Crippen molar-refractivity contribution in [3.05, 3.63) is 17.5 Å². The lowest BCUT2D eigenvalue weighted by Gasteiger charge is -2.22. The molecule has 22 heavy (non-hydrogen) atoms. The Hall–Kier alpha value is -0.830. The summed E-state index contributed by atoms with van der Waals surface area (Å²) in [5.41, 5.74) is 0.983. The van der Waals surface area contributed by atoms with Gasteiger partial charge in [0.25, 0.3) is 0 Å².